The Labute approximate surface area is 78.6 Å². The molecule has 0 spiro atoms. The third kappa shape index (κ3) is 1.55. The van der Waals surface area contributed by atoms with Crippen LogP contribution in [0.5, 0.6) is 0 Å². The van der Waals surface area contributed by atoms with Crippen LogP contribution < -0.4 is 0 Å². The maximum absolute atomic E-state index is 12.1. The molecule has 0 aliphatic heterocycles. The Bertz CT molecular complexity index is 452. The fourth-order valence-corrected chi connectivity index (χ4v) is 1.22. The largest absolute Gasteiger partial charge is 0.258 e. The summed E-state index contributed by atoms with van der Waals surface area (Å²) in [6.07, 6.45) is 0.637. The fraction of sp³-hybridized carbons (Fsp3) is 0.375. The van der Waals surface area contributed by atoms with Gasteiger partial charge in [-0.05, 0) is 6.92 Å². The molecule has 2 rings (SSSR count). The van der Waals surface area contributed by atoms with Gasteiger partial charge < -0.3 is 0 Å². The minimum absolute atomic E-state index is 0.431. The van der Waals surface area contributed by atoms with E-state index in [-0.39, 0.29) is 0 Å². The Balaban J connectivity index is 2.50. The molecule has 0 unspecified atom stereocenters. The van der Waals surface area contributed by atoms with Crippen molar-refractivity contribution in [2.45, 2.75) is 19.9 Å². The maximum Gasteiger partial charge on any atom is 0.258 e. The maximum atomic E-state index is 12.1. The lowest BCUT2D eigenvalue weighted by Gasteiger charge is -2.01. The van der Waals surface area contributed by atoms with Crippen molar-refractivity contribution in [1.82, 2.24) is 19.7 Å². The predicted octanol–water partition coefficient (Wildman–Crippen LogP) is 1.40. The molecule has 0 saturated heterocycles. The molecule has 2 heterocycles. The second kappa shape index (κ2) is 3.28. The first-order valence-corrected chi connectivity index (χ1v) is 4.10. The van der Waals surface area contributed by atoms with E-state index in [1.807, 2.05) is 0 Å². The highest BCUT2D eigenvalue weighted by atomic mass is 19.3. The van der Waals surface area contributed by atoms with Crippen LogP contribution in [0.25, 0.3) is 11.0 Å². The van der Waals surface area contributed by atoms with Crippen LogP contribution >= 0.6 is 0 Å². The molecule has 74 valence electrons. The quantitative estimate of drug-likeness (QED) is 0.732. The molecule has 0 aliphatic rings. The van der Waals surface area contributed by atoms with E-state index in [0.717, 1.165) is 0 Å². The van der Waals surface area contributed by atoms with Crippen LogP contribution in [0.15, 0.2) is 12.4 Å². The van der Waals surface area contributed by atoms with Crippen LogP contribution in [-0.4, -0.2) is 26.2 Å². The van der Waals surface area contributed by atoms with Gasteiger partial charge in [-0.3, -0.25) is 0 Å². The van der Waals surface area contributed by atoms with Gasteiger partial charge in [0, 0.05) is 6.20 Å². The van der Waals surface area contributed by atoms with E-state index in [1.54, 1.807) is 13.1 Å². The van der Waals surface area contributed by atoms with Gasteiger partial charge in [-0.25, -0.2) is 23.4 Å². The zero-order valence-corrected chi connectivity index (χ0v) is 7.48. The molecule has 6 heteroatoms. The van der Waals surface area contributed by atoms with E-state index in [1.165, 1.54) is 10.9 Å². The van der Waals surface area contributed by atoms with Crippen molar-refractivity contribution >= 4 is 11.0 Å². The molecule has 0 aromatic carbocycles. The first kappa shape index (κ1) is 8.98. The molecule has 0 bridgehead atoms. The SMILES string of the molecule is Cc1ncc2cnn(CC(F)F)c2n1. The highest BCUT2D eigenvalue weighted by Gasteiger charge is 2.09. The second-order valence-corrected chi connectivity index (χ2v) is 2.91. The zero-order valence-electron chi connectivity index (χ0n) is 7.48. The minimum Gasteiger partial charge on any atom is -0.241 e. The summed E-state index contributed by atoms with van der Waals surface area (Å²) in [6.45, 7) is 1.28. The molecule has 14 heavy (non-hydrogen) atoms. The van der Waals surface area contributed by atoms with Crippen molar-refractivity contribution < 1.29 is 8.78 Å². The van der Waals surface area contributed by atoms with E-state index in [0.29, 0.717) is 16.9 Å². The molecular weight excluding hydrogens is 190 g/mol. The second-order valence-electron chi connectivity index (χ2n) is 2.91. The van der Waals surface area contributed by atoms with Gasteiger partial charge >= 0.3 is 0 Å². The van der Waals surface area contributed by atoms with Crippen LogP contribution in [0, 0.1) is 6.92 Å². The smallest absolute Gasteiger partial charge is 0.241 e. The topological polar surface area (TPSA) is 43.6 Å². The molecule has 0 N–H and O–H groups in total. The van der Waals surface area contributed by atoms with Crippen molar-refractivity contribution in [2.75, 3.05) is 0 Å². The lowest BCUT2D eigenvalue weighted by atomic mass is 10.4. The summed E-state index contributed by atoms with van der Waals surface area (Å²) in [4.78, 5) is 7.99. The zero-order chi connectivity index (χ0) is 10.1. The fourth-order valence-electron chi connectivity index (χ4n) is 1.22. The number of fused-ring (bicyclic) bond motifs is 1. The Kier molecular flexibility index (Phi) is 2.11. The molecule has 0 atom stereocenters. The number of hydrogen-bond donors (Lipinski definition) is 0. The van der Waals surface area contributed by atoms with E-state index < -0.39 is 13.0 Å². The van der Waals surface area contributed by atoms with Crippen LogP contribution in [0.1, 0.15) is 5.82 Å². The van der Waals surface area contributed by atoms with Gasteiger partial charge in [0.25, 0.3) is 6.43 Å². The molecule has 0 saturated carbocycles. The van der Waals surface area contributed by atoms with Gasteiger partial charge in [0.1, 0.15) is 12.4 Å². The van der Waals surface area contributed by atoms with Gasteiger partial charge in [-0.2, -0.15) is 5.10 Å². The van der Waals surface area contributed by atoms with Gasteiger partial charge in [0.05, 0.1) is 11.6 Å². The van der Waals surface area contributed by atoms with Crippen molar-refractivity contribution in [3.8, 4) is 0 Å². The highest BCUT2D eigenvalue weighted by molar-refractivity contribution is 5.73. The predicted molar refractivity (Wildman–Crippen MR) is 46.1 cm³/mol. The number of aryl methyl sites for hydroxylation is 1. The molecule has 2 aromatic rings. The first-order chi connectivity index (χ1) is 6.66. The van der Waals surface area contributed by atoms with Crippen LogP contribution in [0.4, 0.5) is 8.78 Å². The summed E-state index contributed by atoms with van der Waals surface area (Å²) < 4.78 is 25.4. The normalized spacial score (nSPS) is 11.4. The van der Waals surface area contributed by atoms with E-state index in [4.69, 9.17) is 0 Å². The summed E-state index contributed by atoms with van der Waals surface area (Å²) >= 11 is 0. The first-order valence-electron chi connectivity index (χ1n) is 4.10. The summed E-state index contributed by atoms with van der Waals surface area (Å²) in [5.41, 5.74) is 0.456. The van der Waals surface area contributed by atoms with Crippen LogP contribution in [-0.2, 0) is 6.54 Å². The van der Waals surface area contributed by atoms with Crippen LogP contribution in [0.3, 0.4) is 0 Å². The van der Waals surface area contributed by atoms with E-state index >= 15 is 0 Å². The number of alkyl halides is 2. The van der Waals surface area contributed by atoms with Gasteiger partial charge in [0.2, 0.25) is 0 Å². The van der Waals surface area contributed by atoms with Crippen molar-refractivity contribution in [3.05, 3.63) is 18.2 Å². The van der Waals surface area contributed by atoms with Crippen molar-refractivity contribution in [1.29, 1.82) is 0 Å². The number of halogens is 2. The summed E-state index contributed by atoms with van der Waals surface area (Å²) in [5.74, 6) is 0.550. The number of nitrogens with zero attached hydrogens (tertiary/aromatic N) is 4. The molecule has 0 radical (unpaired) electrons. The van der Waals surface area contributed by atoms with Gasteiger partial charge in [-0.1, -0.05) is 0 Å². The van der Waals surface area contributed by atoms with Crippen molar-refractivity contribution in [3.63, 3.8) is 0 Å². The average Bonchev–Trinajstić information content (AvgIpc) is 2.47. The lowest BCUT2D eigenvalue weighted by molar-refractivity contribution is 0.123. The van der Waals surface area contributed by atoms with E-state index in [2.05, 4.69) is 15.1 Å². The molecule has 0 fully saturated rings. The summed E-state index contributed by atoms with van der Waals surface area (Å²) in [7, 11) is 0. The summed E-state index contributed by atoms with van der Waals surface area (Å²) in [5, 5.41) is 4.49. The molecular formula is C8H8F2N4. The standard InChI is InChI=1S/C8H8F2N4/c1-5-11-2-6-3-12-14(4-7(9)10)8(6)13-5/h2-3,7H,4H2,1H3. The molecule has 0 aliphatic carbocycles. The Morgan fingerprint density at radius 1 is 1.43 bits per heavy atom. The highest BCUT2D eigenvalue weighted by Crippen LogP contribution is 2.11. The molecule has 4 nitrogen and oxygen atoms in total. The van der Waals surface area contributed by atoms with Crippen molar-refractivity contribution in [2.24, 2.45) is 0 Å². The number of aromatic nitrogens is 4. The monoisotopic (exact) mass is 198 g/mol. The third-order valence-electron chi connectivity index (χ3n) is 1.81. The number of rotatable bonds is 2. The minimum atomic E-state index is -2.42. The molecule has 0 amide bonds. The Morgan fingerprint density at radius 3 is 2.93 bits per heavy atom. The average molecular weight is 198 g/mol. The van der Waals surface area contributed by atoms with Crippen LogP contribution in [0.2, 0.25) is 0 Å². The summed E-state index contributed by atoms with van der Waals surface area (Å²) in [6, 6.07) is 0. The van der Waals surface area contributed by atoms with Gasteiger partial charge in [0.15, 0.2) is 5.65 Å². The third-order valence-corrected chi connectivity index (χ3v) is 1.81. The van der Waals surface area contributed by atoms with E-state index in [9.17, 15) is 8.78 Å². The lowest BCUT2D eigenvalue weighted by Crippen LogP contribution is -2.08. The van der Waals surface area contributed by atoms with Gasteiger partial charge in [-0.15, -0.1) is 0 Å². The Hall–Kier alpha value is -1.59. The Morgan fingerprint density at radius 2 is 2.21 bits per heavy atom. The number of hydrogen-bond acceptors (Lipinski definition) is 3. The molecule has 2 aromatic heterocycles.